The second-order valence-electron chi connectivity index (χ2n) is 8.18. The van der Waals surface area contributed by atoms with Gasteiger partial charge in [0, 0.05) is 22.7 Å². The number of carbonyl (C=O) groups excluding carboxylic acids is 2. The number of amides is 2. The van der Waals surface area contributed by atoms with Gasteiger partial charge in [0.2, 0.25) is 11.8 Å². The first-order chi connectivity index (χ1) is 13.2. The molecule has 0 radical (unpaired) electrons. The van der Waals surface area contributed by atoms with Crippen LogP contribution in [0.25, 0.3) is 0 Å². The lowest BCUT2D eigenvalue weighted by molar-refractivity contribution is -0.118. The van der Waals surface area contributed by atoms with Crippen molar-refractivity contribution in [2.75, 3.05) is 10.6 Å². The Labute approximate surface area is 172 Å². The lowest BCUT2D eigenvalue weighted by Crippen LogP contribution is -2.24. The molecular weight excluding hydrogens is 368 g/mol. The highest BCUT2D eigenvalue weighted by atomic mass is 32.2. The number of anilines is 2. The average Bonchev–Trinajstić information content (AvgIpc) is 2.60. The van der Waals surface area contributed by atoms with Crippen LogP contribution in [0, 0.1) is 12.3 Å². The van der Waals surface area contributed by atoms with Gasteiger partial charge in [-0.3, -0.25) is 9.59 Å². The maximum Gasteiger partial charge on any atom is 0.237 e. The van der Waals surface area contributed by atoms with Gasteiger partial charge in [-0.25, -0.2) is 0 Å². The summed E-state index contributed by atoms with van der Waals surface area (Å²) in [6.45, 7) is 10.1. The summed E-state index contributed by atoms with van der Waals surface area (Å²) in [6, 6.07) is 15.4. The second kappa shape index (κ2) is 9.78. The minimum atomic E-state index is -0.207. The lowest BCUT2D eigenvalue weighted by Gasteiger charge is -2.18. The van der Waals surface area contributed by atoms with E-state index < -0.39 is 0 Å². The molecule has 0 saturated heterocycles. The van der Waals surface area contributed by atoms with Crippen molar-refractivity contribution >= 4 is 35.0 Å². The molecule has 0 bridgehead atoms. The molecule has 0 spiro atoms. The van der Waals surface area contributed by atoms with E-state index in [2.05, 4.69) is 10.6 Å². The van der Waals surface area contributed by atoms with E-state index in [1.807, 2.05) is 83.1 Å². The molecule has 2 aromatic rings. The van der Waals surface area contributed by atoms with Gasteiger partial charge in [0.25, 0.3) is 0 Å². The highest BCUT2D eigenvalue weighted by Gasteiger charge is 2.19. The van der Waals surface area contributed by atoms with E-state index in [1.165, 1.54) is 11.8 Å². The van der Waals surface area contributed by atoms with Crippen LogP contribution in [0.2, 0.25) is 0 Å². The molecule has 0 heterocycles. The third-order valence-electron chi connectivity index (χ3n) is 4.07. The van der Waals surface area contributed by atoms with E-state index in [-0.39, 0.29) is 22.5 Å². The summed E-state index contributed by atoms with van der Waals surface area (Å²) in [5.74, 6) is -0.0164. The molecule has 0 aliphatic carbocycles. The predicted molar refractivity (Wildman–Crippen MR) is 119 cm³/mol. The zero-order valence-corrected chi connectivity index (χ0v) is 18.2. The Balaban J connectivity index is 2.01. The van der Waals surface area contributed by atoms with Crippen molar-refractivity contribution in [1.82, 2.24) is 0 Å². The number of rotatable bonds is 7. The van der Waals surface area contributed by atoms with Crippen LogP contribution in [0.1, 0.15) is 46.1 Å². The van der Waals surface area contributed by atoms with Crippen LogP contribution in [-0.2, 0) is 9.59 Å². The number of carbonyl (C=O) groups is 2. The number of hydrogen-bond acceptors (Lipinski definition) is 3. The molecule has 28 heavy (non-hydrogen) atoms. The molecule has 2 amide bonds. The first-order valence-electron chi connectivity index (χ1n) is 9.60. The Bertz CT molecular complexity index is 810. The zero-order valence-electron chi connectivity index (χ0n) is 17.3. The van der Waals surface area contributed by atoms with Crippen LogP contribution in [0.4, 0.5) is 11.4 Å². The Morgan fingerprint density at radius 1 is 1.00 bits per heavy atom. The molecule has 0 aromatic heterocycles. The molecule has 0 aliphatic heterocycles. The normalized spacial score (nSPS) is 12.3. The van der Waals surface area contributed by atoms with E-state index in [9.17, 15) is 9.59 Å². The molecule has 150 valence electrons. The fourth-order valence-corrected chi connectivity index (χ4v) is 3.69. The molecule has 1 unspecified atom stereocenters. The topological polar surface area (TPSA) is 58.2 Å². The second-order valence-corrected chi connectivity index (χ2v) is 9.46. The standard InChI is InChI=1S/C23H30N2O2S/c1-6-20(22(27)25-17-12-10-16(2)11-13-17)28-19-9-7-8-18(14-19)24-21(26)15-23(3,4)5/h7-14,20H,6,15H2,1-5H3,(H,24,26)(H,25,27). The van der Waals surface area contributed by atoms with Crippen molar-refractivity contribution in [3.63, 3.8) is 0 Å². The number of thioether (sulfide) groups is 1. The van der Waals surface area contributed by atoms with Gasteiger partial charge in [-0.05, 0) is 49.1 Å². The number of hydrogen-bond donors (Lipinski definition) is 2. The molecule has 1 atom stereocenters. The van der Waals surface area contributed by atoms with Gasteiger partial charge in [0.1, 0.15) is 0 Å². The van der Waals surface area contributed by atoms with Crippen molar-refractivity contribution in [3.8, 4) is 0 Å². The summed E-state index contributed by atoms with van der Waals surface area (Å²) < 4.78 is 0. The molecule has 0 aliphatic rings. The first kappa shape index (κ1) is 22.0. The minimum Gasteiger partial charge on any atom is -0.326 e. The molecule has 2 N–H and O–H groups in total. The Hall–Kier alpha value is -2.27. The van der Waals surface area contributed by atoms with Crippen LogP contribution < -0.4 is 10.6 Å². The summed E-state index contributed by atoms with van der Waals surface area (Å²) in [7, 11) is 0. The summed E-state index contributed by atoms with van der Waals surface area (Å²) in [4.78, 5) is 25.8. The molecule has 4 nitrogen and oxygen atoms in total. The largest absolute Gasteiger partial charge is 0.326 e. The average molecular weight is 399 g/mol. The molecule has 5 heteroatoms. The van der Waals surface area contributed by atoms with Gasteiger partial charge < -0.3 is 10.6 Å². The quantitative estimate of drug-likeness (QED) is 0.573. The van der Waals surface area contributed by atoms with E-state index in [4.69, 9.17) is 0 Å². The van der Waals surface area contributed by atoms with Crippen molar-refractivity contribution in [2.24, 2.45) is 5.41 Å². The van der Waals surface area contributed by atoms with Crippen LogP contribution >= 0.6 is 11.8 Å². The highest BCUT2D eigenvalue weighted by molar-refractivity contribution is 8.00. The Morgan fingerprint density at radius 2 is 1.68 bits per heavy atom. The third-order valence-corrected chi connectivity index (χ3v) is 5.43. The fraction of sp³-hybridized carbons (Fsp3) is 0.391. The summed E-state index contributed by atoms with van der Waals surface area (Å²) in [5.41, 5.74) is 2.66. The smallest absolute Gasteiger partial charge is 0.237 e. The Kier molecular flexibility index (Phi) is 7.69. The number of nitrogens with one attached hydrogen (secondary N) is 2. The van der Waals surface area contributed by atoms with E-state index in [1.54, 1.807) is 0 Å². The van der Waals surface area contributed by atoms with Crippen molar-refractivity contribution < 1.29 is 9.59 Å². The monoisotopic (exact) mass is 398 g/mol. The van der Waals surface area contributed by atoms with Crippen molar-refractivity contribution in [2.45, 2.75) is 57.6 Å². The van der Waals surface area contributed by atoms with Crippen molar-refractivity contribution in [1.29, 1.82) is 0 Å². The number of benzene rings is 2. The van der Waals surface area contributed by atoms with Gasteiger partial charge >= 0.3 is 0 Å². The van der Waals surface area contributed by atoms with E-state index in [0.717, 1.165) is 21.8 Å². The molecular formula is C23H30N2O2S. The minimum absolute atomic E-state index is 0.00111. The van der Waals surface area contributed by atoms with E-state index in [0.29, 0.717) is 12.8 Å². The zero-order chi connectivity index (χ0) is 20.7. The van der Waals surface area contributed by atoms with Crippen LogP contribution in [0.5, 0.6) is 0 Å². The van der Waals surface area contributed by atoms with Gasteiger partial charge in [-0.2, -0.15) is 0 Å². The third kappa shape index (κ3) is 7.39. The Morgan fingerprint density at radius 3 is 2.29 bits per heavy atom. The summed E-state index contributed by atoms with van der Waals surface area (Å²) in [5, 5.41) is 5.73. The van der Waals surface area contributed by atoms with Crippen LogP contribution in [0.3, 0.4) is 0 Å². The summed E-state index contributed by atoms with van der Waals surface area (Å²) in [6.07, 6.45) is 1.17. The predicted octanol–water partition coefficient (Wildman–Crippen LogP) is 5.88. The molecule has 0 fully saturated rings. The van der Waals surface area contributed by atoms with Gasteiger partial charge in [-0.15, -0.1) is 11.8 Å². The van der Waals surface area contributed by atoms with Gasteiger partial charge in [-0.1, -0.05) is 51.5 Å². The fourth-order valence-electron chi connectivity index (χ4n) is 2.68. The first-order valence-corrected chi connectivity index (χ1v) is 10.5. The summed E-state index contributed by atoms with van der Waals surface area (Å²) >= 11 is 1.51. The van der Waals surface area contributed by atoms with Gasteiger partial charge in [0.15, 0.2) is 0 Å². The van der Waals surface area contributed by atoms with Crippen molar-refractivity contribution in [3.05, 3.63) is 54.1 Å². The van der Waals surface area contributed by atoms with Crippen LogP contribution in [0.15, 0.2) is 53.4 Å². The maximum atomic E-state index is 12.7. The highest BCUT2D eigenvalue weighted by Crippen LogP contribution is 2.29. The maximum absolute atomic E-state index is 12.7. The van der Waals surface area contributed by atoms with Gasteiger partial charge in [0.05, 0.1) is 5.25 Å². The number of aryl methyl sites for hydroxylation is 1. The SMILES string of the molecule is CCC(Sc1cccc(NC(=O)CC(C)(C)C)c1)C(=O)Nc1ccc(C)cc1. The lowest BCUT2D eigenvalue weighted by atomic mass is 9.92. The molecule has 2 aromatic carbocycles. The molecule has 0 saturated carbocycles. The van der Waals surface area contributed by atoms with E-state index >= 15 is 0 Å². The van der Waals surface area contributed by atoms with Crippen LogP contribution in [-0.4, -0.2) is 17.1 Å². The molecule has 2 rings (SSSR count).